The Labute approximate surface area is 123 Å². The lowest BCUT2D eigenvalue weighted by atomic mass is 10.2. The third-order valence-corrected chi connectivity index (χ3v) is 6.32. The van der Waals surface area contributed by atoms with Gasteiger partial charge in [-0.3, -0.25) is 0 Å². The largest absolute Gasteiger partial charge is 0.399 e. The molecule has 1 heterocycles. The van der Waals surface area contributed by atoms with Crippen LogP contribution in [0.15, 0.2) is 23.1 Å². The van der Waals surface area contributed by atoms with Gasteiger partial charge < -0.3 is 5.73 Å². The molecule has 1 unspecified atom stereocenters. The molecule has 19 heavy (non-hydrogen) atoms. The van der Waals surface area contributed by atoms with Crippen LogP contribution in [-0.4, -0.2) is 26.0 Å². The van der Waals surface area contributed by atoms with Crippen molar-refractivity contribution in [2.75, 3.05) is 18.0 Å². The number of nitrogens with two attached hydrogens (primary N) is 1. The van der Waals surface area contributed by atoms with Gasteiger partial charge in [-0.25, -0.2) is 13.1 Å². The minimum absolute atomic E-state index is 0.0509. The Morgan fingerprint density at radius 1 is 1.42 bits per heavy atom. The van der Waals surface area contributed by atoms with Crippen molar-refractivity contribution < 1.29 is 8.42 Å². The molecular formula is C12H17ClN2O2S2. The molecule has 0 spiro atoms. The number of anilines is 1. The fraction of sp³-hybridized carbons (Fsp3) is 0.500. The zero-order valence-electron chi connectivity index (χ0n) is 10.4. The predicted molar refractivity (Wildman–Crippen MR) is 81.1 cm³/mol. The fourth-order valence-electron chi connectivity index (χ4n) is 1.97. The van der Waals surface area contributed by atoms with Gasteiger partial charge in [0.05, 0.1) is 5.02 Å². The van der Waals surface area contributed by atoms with Crippen molar-refractivity contribution in [3.63, 3.8) is 0 Å². The van der Waals surface area contributed by atoms with E-state index in [0.29, 0.717) is 17.5 Å². The van der Waals surface area contributed by atoms with Gasteiger partial charge in [-0.2, -0.15) is 11.8 Å². The van der Waals surface area contributed by atoms with Gasteiger partial charge in [-0.05, 0) is 36.8 Å². The van der Waals surface area contributed by atoms with Crippen LogP contribution in [0.2, 0.25) is 5.02 Å². The molecule has 1 aromatic rings. The van der Waals surface area contributed by atoms with Gasteiger partial charge in [-0.1, -0.05) is 18.0 Å². The lowest BCUT2D eigenvalue weighted by Crippen LogP contribution is -2.32. The Bertz CT molecular complexity index is 543. The summed E-state index contributed by atoms with van der Waals surface area (Å²) in [6.07, 6.45) is 3.44. The maximum atomic E-state index is 12.2. The molecule has 7 heteroatoms. The van der Waals surface area contributed by atoms with Crippen LogP contribution in [0.5, 0.6) is 0 Å². The van der Waals surface area contributed by atoms with Crippen LogP contribution in [0.4, 0.5) is 5.69 Å². The first-order valence-corrected chi connectivity index (χ1v) is 9.06. The van der Waals surface area contributed by atoms with Crippen LogP contribution >= 0.6 is 23.4 Å². The average molecular weight is 321 g/mol. The van der Waals surface area contributed by atoms with Crippen LogP contribution in [0.3, 0.4) is 0 Å². The topological polar surface area (TPSA) is 72.2 Å². The summed E-state index contributed by atoms with van der Waals surface area (Å²) in [5.41, 5.74) is 5.99. The van der Waals surface area contributed by atoms with E-state index in [1.165, 1.54) is 25.0 Å². The number of halogens is 1. The molecule has 1 atom stereocenters. The van der Waals surface area contributed by atoms with Crippen molar-refractivity contribution >= 4 is 39.1 Å². The third kappa shape index (κ3) is 4.02. The summed E-state index contributed by atoms with van der Waals surface area (Å²) in [5, 5.41) is 0.543. The first-order chi connectivity index (χ1) is 8.99. The summed E-state index contributed by atoms with van der Waals surface area (Å²) in [7, 11) is -3.59. The van der Waals surface area contributed by atoms with E-state index in [1.807, 2.05) is 11.8 Å². The molecule has 2 rings (SSSR count). The number of rotatable bonds is 4. The Morgan fingerprint density at radius 2 is 2.21 bits per heavy atom. The molecular weight excluding hydrogens is 304 g/mol. The lowest BCUT2D eigenvalue weighted by molar-refractivity contribution is 0.574. The van der Waals surface area contributed by atoms with Crippen LogP contribution in [-0.2, 0) is 10.0 Å². The summed E-state index contributed by atoms with van der Waals surface area (Å²) in [4.78, 5) is 0.0509. The highest BCUT2D eigenvalue weighted by molar-refractivity contribution is 8.00. The van der Waals surface area contributed by atoms with Gasteiger partial charge in [0.1, 0.15) is 4.90 Å². The van der Waals surface area contributed by atoms with E-state index in [0.717, 1.165) is 12.2 Å². The van der Waals surface area contributed by atoms with Gasteiger partial charge in [-0.15, -0.1) is 0 Å². The molecule has 106 valence electrons. The first-order valence-electron chi connectivity index (χ1n) is 6.15. The van der Waals surface area contributed by atoms with Gasteiger partial charge in [0.15, 0.2) is 0 Å². The van der Waals surface area contributed by atoms with E-state index in [1.54, 1.807) is 6.07 Å². The highest BCUT2D eigenvalue weighted by Crippen LogP contribution is 2.26. The number of sulfonamides is 1. The van der Waals surface area contributed by atoms with Crippen molar-refractivity contribution in [3.8, 4) is 0 Å². The molecule has 3 N–H and O–H groups in total. The number of benzene rings is 1. The van der Waals surface area contributed by atoms with Crippen LogP contribution in [0, 0.1) is 0 Å². The normalized spacial score (nSPS) is 20.4. The summed E-state index contributed by atoms with van der Waals surface area (Å²) in [6, 6.07) is 4.47. The Hall–Kier alpha value is -0.430. The fourth-order valence-corrected chi connectivity index (χ4v) is 4.93. The standard InChI is InChI=1S/C12H17ClN2O2S2/c13-11-5-4-9(14)7-12(11)19(16,17)15-8-10-3-1-2-6-18-10/h4-5,7,10,15H,1-3,6,8,14H2. The molecule has 0 aromatic heterocycles. The van der Waals surface area contributed by atoms with Gasteiger partial charge >= 0.3 is 0 Å². The first kappa shape index (κ1) is 15.0. The Morgan fingerprint density at radius 3 is 2.89 bits per heavy atom. The zero-order chi connectivity index (χ0) is 13.9. The predicted octanol–water partition coefficient (Wildman–Crippen LogP) is 2.49. The highest BCUT2D eigenvalue weighted by Gasteiger charge is 2.21. The van der Waals surface area contributed by atoms with E-state index < -0.39 is 10.0 Å². The van der Waals surface area contributed by atoms with E-state index >= 15 is 0 Å². The summed E-state index contributed by atoms with van der Waals surface area (Å²) >= 11 is 7.74. The molecule has 0 aliphatic carbocycles. The van der Waals surface area contributed by atoms with Gasteiger partial charge in [0, 0.05) is 17.5 Å². The average Bonchev–Trinajstić information content (AvgIpc) is 2.40. The third-order valence-electron chi connectivity index (χ3n) is 3.02. The maximum Gasteiger partial charge on any atom is 0.242 e. The molecule has 1 saturated heterocycles. The van der Waals surface area contributed by atoms with Crippen LogP contribution in [0.1, 0.15) is 19.3 Å². The number of nitrogens with one attached hydrogen (secondary N) is 1. The minimum atomic E-state index is -3.59. The molecule has 0 bridgehead atoms. The SMILES string of the molecule is Nc1ccc(Cl)c(S(=O)(=O)NCC2CCCCS2)c1. The van der Waals surface area contributed by atoms with E-state index in [2.05, 4.69) is 4.72 Å². The molecule has 1 aliphatic heterocycles. The van der Waals surface area contributed by atoms with Crippen molar-refractivity contribution in [2.24, 2.45) is 0 Å². The maximum absolute atomic E-state index is 12.2. The summed E-state index contributed by atoms with van der Waals surface area (Å²) < 4.78 is 27.0. The number of hydrogen-bond donors (Lipinski definition) is 2. The van der Waals surface area contributed by atoms with Crippen molar-refractivity contribution in [1.82, 2.24) is 4.72 Å². The second-order valence-corrected chi connectivity index (χ2v) is 8.08. The molecule has 1 aromatic carbocycles. The van der Waals surface area contributed by atoms with E-state index in [-0.39, 0.29) is 9.92 Å². The molecule has 0 amide bonds. The van der Waals surface area contributed by atoms with Crippen molar-refractivity contribution in [1.29, 1.82) is 0 Å². The molecule has 4 nitrogen and oxygen atoms in total. The molecule has 0 radical (unpaired) electrons. The lowest BCUT2D eigenvalue weighted by Gasteiger charge is -2.21. The number of thioether (sulfide) groups is 1. The zero-order valence-corrected chi connectivity index (χ0v) is 12.8. The highest BCUT2D eigenvalue weighted by atomic mass is 35.5. The second kappa shape index (κ2) is 6.35. The van der Waals surface area contributed by atoms with Crippen LogP contribution in [0.25, 0.3) is 0 Å². The number of nitrogen functional groups attached to an aromatic ring is 1. The van der Waals surface area contributed by atoms with Gasteiger partial charge in [0.25, 0.3) is 0 Å². The monoisotopic (exact) mass is 320 g/mol. The molecule has 0 saturated carbocycles. The second-order valence-electron chi connectivity index (χ2n) is 4.53. The summed E-state index contributed by atoms with van der Waals surface area (Å²) in [6.45, 7) is 0.443. The van der Waals surface area contributed by atoms with Crippen molar-refractivity contribution in [3.05, 3.63) is 23.2 Å². The smallest absolute Gasteiger partial charge is 0.242 e. The van der Waals surface area contributed by atoms with E-state index in [9.17, 15) is 8.42 Å². The van der Waals surface area contributed by atoms with Crippen LogP contribution < -0.4 is 10.5 Å². The van der Waals surface area contributed by atoms with E-state index in [4.69, 9.17) is 17.3 Å². The van der Waals surface area contributed by atoms with Crippen molar-refractivity contribution in [2.45, 2.75) is 29.4 Å². The Kier molecular flexibility index (Phi) is 5.00. The summed E-state index contributed by atoms with van der Waals surface area (Å²) in [5.74, 6) is 1.10. The quantitative estimate of drug-likeness (QED) is 0.836. The van der Waals surface area contributed by atoms with Gasteiger partial charge in [0.2, 0.25) is 10.0 Å². The minimum Gasteiger partial charge on any atom is -0.399 e. The number of hydrogen-bond acceptors (Lipinski definition) is 4. The molecule has 1 aliphatic rings. The molecule has 1 fully saturated rings. The Balaban J connectivity index is 2.07.